The van der Waals surface area contributed by atoms with Gasteiger partial charge in [0.25, 0.3) is 0 Å². The second-order valence-electron chi connectivity index (χ2n) is 5.16. The first-order chi connectivity index (χ1) is 10.5. The molecule has 2 rings (SSSR count). The topological polar surface area (TPSA) is 44.5 Å². The molecule has 0 bridgehead atoms. The molecule has 5 heteroatoms. The van der Waals surface area contributed by atoms with E-state index in [1.807, 2.05) is 19.1 Å². The fourth-order valence-electron chi connectivity index (χ4n) is 2.15. The lowest BCUT2D eigenvalue weighted by atomic mass is 10.1. The van der Waals surface area contributed by atoms with Gasteiger partial charge in [0.1, 0.15) is 12.4 Å². The van der Waals surface area contributed by atoms with Crippen LogP contribution in [0.3, 0.4) is 0 Å². The predicted octanol–water partition coefficient (Wildman–Crippen LogP) is 3.96. The van der Waals surface area contributed by atoms with Crippen molar-refractivity contribution in [3.8, 4) is 11.5 Å². The van der Waals surface area contributed by atoms with Gasteiger partial charge in [-0.05, 0) is 43.2 Å². The van der Waals surface area contributed by atoms with Crippen LogP contribution < -0.4 is 15.2 Å². The number of methoxy groups -OCH3 is 1. The number of halogens is 2. The fourth-order valence-corrected chi connectivity index (χ4v) is 2.37. The van der Waals surface area contributed by atoms with Gasteiger partial charge in [0.2, 0.25) is 0 Å². The molecule has 0 aromatic heterocycles. The average Bonchev–Trinajstić information content (AvgIpc) is 2.47. The summed E-state index contributed by atoms with van der Waals surface area (Å²) in [6, 6.07) is 10.2. The van der Waals surface area contributed by atoms with Gasteiger partial charge in [-0.1, -0.05) is 23.7 Å². The van der Waals surface area contributed by atoms with E-state index in [1.165, 1.54) is 6.07 Å². The molecular weight excluding hydrogens is 305 g/mol. The second kappa shape index (κ2) is 7.47. The van der Waals surface area contributed by atoms with Crippen LogP contribution in [0.2, 0.25) is 5.02 Å². The summed E-state index contributed by atoms with van der Waals surface area (Å²) in [6.45, 7) is 1.98. The van der Waals surface area contributed by atoms with Gasteiger partial charge in [0.05, 0.1) is 12.1 Å². The van der Waals surface area contributed by atoms with E-state index in [0.717, 1.165) is 12.0 Å². The maximum Gasteiger partial charge on any atom is 0.161 e. The number of nitrogens with two attached hydrogens (primary N) is 1. The van der Waals surface area contributed by atoms with Gasteiger partial charge >= 0.3 is 0 Å². The van der Waals surface area contributed by atoms with E-state index in [9.17, 15) is 4.39 Å². The van der Waals surface area contributed by atoms with Crippen LogP contribution in [0.25, 0.3) is 0 Å². The molecule has 0 saturated heterocycles. The Morgan fingerprint density at radius 3 is 2.64 bits per heavy atom. The Balaban J connectivity index is 2.16. The van der Waals surface area contributed by atoms with E-state index in [4.69, 9.17) is 26.8 Å². The zero-order chi connectivity index (χ0) is 16.1. The Kier molecular flexibility index (Phi) is 5.63. The Labute approximate surface area is 134 Å². The standard InChI is InChI=1S/C17H19ClFNO2/c1-11(20)8-12-6-7-16(17(9-12)21-2)22-10-13-14(18)4-3-5-15(13)19/h3-7,9,11H,8,10,20H2,1-2H3. The number of ether oxygens (including phenoxy) is 2. The lowest BCUT2D eigenvalue weighted by Crippen LogP contribution is -2.17. The predicted molar refractivity (Wildman–Crippen MR) is 86.1 cm³/mol. The zero-order valence-electron chi connectivity index (χ0n) is 12.6. The minimum atomic E-state index is -0.389. The van der Waals surface area contributed by atoms with Gasteiger partial charge in [-0.25, -0.2) is 4.39 Å². The van der Waals surface area contributed by atoms with Crippen LogP contribution in [0.1, 0.15) is 18.1 Å². The van der Waals surface area contributed by atoms with Crippen LogP contribution in [0.15, 0.2) is 36.4 Å². The smallest absolute Gasteiger partial charge is 0.161 e. The minimum Gasteiger partial charge on any atom is -0.493 e. The first kappa shape index (κ1) is 16.6. The highest BCUT2D eigenvalue weighted by atomic mass is 35.5. The maximum atomic E-state index is 13.7. The highest BCUT2D eigenvalue weighted by Gasteiger charge is 2.11. The van der Waals surface area contributed by atoms with Gasteiger partial charge in [0.15, 0.2) is 11.5 Å². The largest absolute Gasteiger partial charge is 0.493 e. The van der Waals surface area contributed by atoms with Crippen LogP contribution >= 0.6 is 11.6 Å². The van der Waals surface area contributed by atoms with E-state index in [2.05, 4.69) is 0 Å². The molecule has 0 aliphatic heterocycles. The second-order valence-corrected chi connectivity index (χ2v) is 5.56. The molecule has 0 amide bonds. The van der Waals surface area contributed by atoms with E-state index < -0.39 is 0 Å². The first-order valence-corrected chi connectivity index (χ1v) is 7.37. The zero-order valence-corrected chi connectivity index (χ0v) is 13.4. The highest BCUT2D eigenvalue weighted by molar-refractivity contribution is 6.31. The summed E-state index contributed by atoms with van der Waals surface area (Å²) in [4.78, 5) is 0. The molecule has 0 spiro atoms. The Bertz CT molecular complexity index is 626. The molecule has 2 aromatic rings. The van der Waals surface area contributed by atoms with Crippen molar-refractivity contribution in [1.29, 1.82) is 0 Å². The van der Waals surface area contributed by atoms with Crippen LogP contribution in [0, 0.1) is 5.82 Å². The fraction of sp³-hybridized carbons (Fsp3) is 0.294. The van der Waals surface area contributed by atoms with Crippen molar-refractivity contribution in [2.45, 2.75) is 26.0 Å². The summed E-state index contributed by atoms with van der Waals surface area (Å²) in [5, 5.41) is 0.340. The molecule has 22 heavy (non-hydrogen) atoms. The number of hydrogen-bond acceptors (Lipinski definition) is 3. The van der Waals surface area contributed by atoms with Crippen LogP contribution in [0.5, 0.6) is 11.5 Å². The van der Waals surface area contributed by atoms with Crippen molar-refractivity contribution >= 4 is 11.6 Å². The van der Waals surface area contributed by atoms with Gasteiger partial charge in [-0.2, -0.15) is 0 Å². The molecule has 1 atom stereocenters. The normalized spacial score (nSPS) is 12.0. The Morgan fingerprint density at radius 2 is 2.00 bits per heavy atom. The minimum absolute atomic E-state index is 0.0362. The third-order valence-corrected chi connectivity index (χ3v) is 3.57. The van der Waals surface area contributed by atoms with Crippen molar-refractivity contribution in [1.82, 2.24) is 0 Å². The van der Waals surface area contributed by atoms with Gasteiger partial charge in [-0.15, -0.1) is 0 Å². The molecular formula is C17H19ClFNO2. The first-order valence-electron chi connectivity index (χ1n) is 6.99. The monoisotopic (exact) mass is 323 g/mol. The third kappa shape index (κ3) is 4.12. The SMILES string of the molecule is COc1cc(CC(C)N)ccc1OCc1c(F)cccc1Cl. The average molecular weight is 324 g/mol. The summed E-state index contributed by atoms with van der Waals surface area (Å²) >= 11 is 5.99. The molecule has 0 aliphatic carbocycles. The van der Waals surface area contributed by atoms with Crippen LogP contribution in [-0.2, 0) is 13.0 Å². The molecule has 118 valence electrons. The Morgan fingerprint density at radius 1 is 1.23 bits per heavy atom. The van der Waals surface area contributed by atoms with Gasteiger partial charge < -0.3 is 15.2 Å². The molecule has 0 fully saturated rings. The quantitative estimate of drug-likeness (QED) is 0.875. The van der Waals surface area contributed by atoms with E-state index in [1.54, 1.807) is 25.3 Å². The molecule has 1 unspecified atom stereocenters. The summed E-state index contributed by atoms with van der Waals surface area (Å²) in [5.41, 5.74) is 7.18. The third-order valence-electron chi connectivity index (χ3n) is 3.22. The van der Waals surface area contributed by atoms with Gasteiger partial charge in [-0.3, -0.25) is 0 Å². The van der Waals surface area contributed by atoms with Crippen molar-refractivity contribution in [2.24, 2.45) is 5.73 Å². The summed E-state index contributed by atoms with van der Waals surface area (Å²) in [6.07, 6.45) is 0.746. The molecule has 0 aliphatic rings. The molecule has 0 heterocycles. The Hall–Kier alpha value is -1.78. The molecule has 2 N–H and O–H groups in total. The lowest BCUT2D eigenvalue weighted by molar-refractivity contribution is 0.279. The maximum absolute atomic E-state index is 13.7. The van der Waals surface area contributed by atoms with E-state index >= 15 is 0 Å². The summed E-state index contributed by atoms with van der Waals surface area (Å²) < 4.78 is 24.7. The lowest BCUT2D eigenvalue weighted by Gasteiger charge is -2.14. The number of hydrogen-bond donors (Lipinski definition) is 1. The number of rotatable bonds is 6. The van der Waals surface area contributed by atoms with Crippen molar-refractivity contribution in [3.63, 3.8) is 0 Å². The van der Waals surface area contributed by atoms with Crippen LogP contribution in [-0.4, -0.2) is 13.2 Å². The van der Waals surface area contributed by atoms with Crippen LogP contribution in [0.4, 0.5) is 4.39 Å². The summed E-state index contributed by atoms with van der Waals surface area (Å²) in [7, 11) is 1.56. The molecule has 0 radical (unpaired) electrons. The van der Waals surface area contributed by atoms with E-state index in [0.29, 0.717) is 22.1 Å². The molecule has 0 saturated carbocycles. The van der Waals surface area contributed by atoms with Crippen molar-refractivity contribution in [3.05, 3.63) is 58.4 Å². The van der Waals surface area contributed by atoms with E-state index in [-0.39, 0.29) is 18.5 Å². The molecule has 2 aromatic carbocycles. The number of benzene rings is 2. The highest BCUT2D eigenvalue weighted by Crippen LogP contribution is 2.30. The summed E-state index contributed by atoms with van der Waals surface area (Å²) in [5.74, 6) is 0.737. The van der Waals surface area contributed by atoms with Crippen molar-refractivity contribution < 1.29 is 13.9 Å². The van der Waals surface area contributed by atoms with Crippen molar-refractivity contribution in [2.75, 3.05) is 7.11 Å². The van der Waals surface area contributed by atoms with Gasteiger partial charge in [0, 0.05) is 11.6 Å². The molecule has 3 nitrogen and oxygen atoms in total.